The van der Waals surface area contributed by atoms with Crippen molar-refractivity contribution in [1.82, 2.24) is 9.97 Å². The van der Waals surface area contributed by atoms with Gasteiger partial charge in [-0.15, -0.1) is 0 Å². The topological polar surface area (TPSA) is 59.1 Å². The lowest BCUT2D eigenvalue weighted by Gasteiger charge is -2.09. The molecule has 0 aliphatic rings. The lowest BCUT2D eigenvalue weighted by atomic mass is 10.2. The van der Waals surface area contributed by atoms with Crippen LogP contribution in [0.5, 0.6) is 0 Å². The van der Waals surface area contributed by atoms with E-state index in [1.165, 1.54) is 6.42 Å². The van der Waals surface area contributed by atoms with Crippen LogP contribution in [0.3, 0.4) is 0 Å². The molecule has 0 atom stereocenters. The molecule has 0 unspecified atom stereocenters. The Hall–Kier alpha value is -1.36. The SMILES string of the molecule is CNc1ncc(C)c(NCCCCCOC)n1. The van der Waals surface area contributed by atoms with E-state index in [0.29, 0.717) is 5.95 Å². The van der Waals surface area contributed by atoms with Crippen molar-refractivity contribution in [2.75, 3.05) is 37.9 Å². The predicted octanol–water partition coefficient (Wildman–Crippen LogP) is 2.06. The van der Waals surface area contributed by atoms with Crippen LogP contribution in [0.4, 0.5) is 11.8 Å². The third-order valence-corrected chi connectivity index (χ3v) is 2.51. The zero-order chi connectivity index (χ0) is 12.5. The second-order valence-corrected chi connectivity index (χ2v) is 3.96. The van der Waals surface area contributed by atoms with Crippen LogP contribution >= 0.6 is 0 Å². The third-order valence-electron chi connectivity index (χ3n) is 2.51. The molecule has 0 saturated carbocycles. The molecule has 0 aliphatic heterocycles. The number of methoxy groups -OCH3 is 1. The van der Waals surface area contributed by atoms with Gasteiger partial charge in [-0.05, 0) is 26.2 Å². The Morgan fingerprint density at radius 2 is 2.12 bits per heavy atom. The summed E-state index contributed by atoms with van der Waals surface area (Å²) in [5, 5.41) is 6.27. The zero-order valence-electron chi connectivity index (χ0n) is 10.9. The van der Waals surface area contributed by atoms with Gasteiger partial charge in [0.25, 0.3) is 0 Å². The van der Waals surface area contributed by atoms with Crippen molar-refractivity contribution in [2.24, 2.45) is 0 Å². The van der Waals surface area contributed by atoms with E-state index in [9.17, 15) is 0 Å². The molecule has 1 rings (SSSR count). The Labute approximate surface area is 103 Å². The number of hydrogen-bond acceptors (Lipinski definition) is 5. The van der Waals surface area contributed by atoms with Crippen LogP contribution < -0.4 is 10.6 Å². The van der Waals surface area contributed by atoms with Gasteiger partial charge in [-0.25, -0.2) is 4.98 Å². The number of aromatic nitrogens is 2. The molecule has 5 nitrogen and oxygen atoms in total. The molecule has 0 aromatic carbocycles. The fourth-order valence-corrected chi connectivity index (χ4v) is 1.50. The monoisotopic (exact) mass is 238 g/mol. The summed E-state index contributed by atoms with van der Waals surface area (Å²) in [6.07, 6.45) is 5.24. The first-order valence-electron chi connectivity index (χ1n) is 6.02. The van der Waals surface area contributed by atoms with E-state index in [1.54, 1.807) is 7.11 Å². The number of anilines is 2. The molecule has 0 aliphatic carbocycles. The summed E-state index contributed by atoms with van der Waals surface area (Å²) >= 11 is 0. The lowest BCUT2D eigenvalue weighted by molar-refractivity contribution is 0.192. The van der Waals surface area contributed by atoms with Crippen molar-refractivity contribution in [2.45, 2.75) is 26.2 Å². The Morgan fingerprint density at radius 1 is 1.29 bits per heavy atom. The van der Waals surface area contributed by atoms with Gasteiger partial charge in [-0.2, -0.15) is 4.98 Å². The second-order valence-electron chi connectivity index (χ2n) is 3.96. The standard InChI is InChI=1S/C12H22N4O/c1-10-9-15-12(13-2)16-11(10)14-7-5-4-6-8-17-3/h9H,4-8H2,1-3H3,(H2,13,14,15,16). The first kappa shape index (κ1) is 13.7. The summed E-state index contributed by atoms with van der Waals surface area (Å²) in [6.45, 7) is 3.79. The number of hydrogen-bond donors (Lipinski definition) is 2. The van der Waals surface area contributed by atoms with Gasteiger partial charge in [0, 0.05) is 39.1 Å². The maximum Gasteiger partial charge on any atom is 0.224 e. The number of nitrogens with one attached hydrogen (secondary N) is 2. The number of nitrogens with zero attached hydrogens (tertiary/aromatic N) is 2. The molecule has 1 aromatic heterocycles. The van der Waals surface area contributed by atoms with E-state index < -0.39 is 0 Å². The van der Waals surface area contributed by atoms with Crippen molar-refractivity contribution in [1.29, 1.82) is 0 Å². The highest BCUT2D eigenvalue weighted by atomic mass is 16.5. The maximum atomic E-state index is 5.01. The first-order valence-corrected chi connectivity index (χ1v) is 6.02. The lowest BCUT2D eigenvalue weighted by Crippen LogP contribution is -2.07. The molecule has 96 valence electrons. The summed E-state index contributed by atoms with van der Waals surface area (Å²) in [6, 6.07) is 0. The molecule has 1 aromatic rings. The summed E-state index contributed by atoms with van der Waals surface area (Å²) in [4.78, 5) is 8.51. The van der Waals surface area contributed by atoms with Crippen LogP contribution in [0.15, 0.2) is 6.20 Å². The quantitative estimate of drug-likeness (QED) is 0.679. The van der Waals surface area contributed by atoms with Gasteiger partial charge in [0.05, 0.1) is 0 Å². The van der Waals surface area contributed by atoms with E-state index in [4.69, 9.17) is 4.74 Å². The van der Waals surface area contributed by atoms with E-state index in [0.717, 1.165) is 37.4 Å². The molecule has 0 fully saturated rings. The number of aryl methyl sites for hydroxylation is 1. The molecule has 1 heterocycles. The molecule has 5 heteroatoms. The highest BCUT2D eigenvalue weighted by molar-refractivity contribution is 5.46. The van der Waals surface area contributed by atoms with Crippen LogP contribution in [0.2, 0.25) is 0 Å². The Balaban J connectivity index is 2.30. The Morgan fingerprint density at radius 3 is 2.82 bits per heavy atom. The smallest absolute Gasteiger partial charge is 0.224 e. The van der Waals surface area contributed by atoms with E-state index in [2.05, 4.69) is 20.6 Å². The van der Waals surface area contributed by atoms with Crippen molar-refractivity contribution in [3.05, 3.63) is 11.8 Å². The molecule has 0 bridgehead atoms. The Bertz CT molecular complexity index is 330. The number of ether oxygens (including phenoxy) is 1. The minimum absolute atomic E-state index is 0.650. The average molecular weight is 238 g/mol. The zero-order valence-corrected chi connectivity index (χ0v) is 10.9. The van der Waals surface area contributed by atoms with E-state index in [1.807, 2.05) is 20.2 Å². The van der Waals surface area contributed by atoms with Crippen molar-refractivity contribution in [3.8, 4) is 0 Å². The highest BCUT2D eigenvalue weighted by Gasteiger charge is 2.01. The fraction of sp³-hybridized carbons (Fsp3) is 0.667. The fourth-order valence-electron chi connectivity index (χ4n) is 1.50. The summed E-state index contributed by atoms with van der Waals surface area (Å²) in [5.74, 6) is 1.56. The molecule has 0 amide bonds. The summed E-state index contributed by atoms with van der Waals surface area (Å²) in [7, 11) is 3.56. The van der Waals surface area contributed by atoms with Gasteiger partial charge in [-0.3, -0.25) is 0 Å². The van der Waals surface area contributed by atoms with Gasteiger partial charge in [0.15, 0.2) is 0 Å². The van der Waals surface area contributed by atoms with Crippen molar-refractivity contribution >= 4 is 11.8 Å². The van der Waals surface area contributed by atoms with E-state index in [-0.39, 0.29) is 0 Å². The van der Waals surface area contributed by atoms with Crippen LogP contribution in [-0.4, -0.2) is 37.3 Å². The molecule has 0 radical (unpaired) electrons. The van der Waals surface area contributed by atoms with Gasteiger partial charge in [0.2, 0.25) is 5.95 Å². The molecular formula is C12H22N4O. The molecular weight excluding hydrogens is 216 g/mol. The average Bonchev–Trinajstić information content (AvgIpc) is 2.35. The van der Waals surface area contributed by atoms with Crippen molar-refractivity contribution in [3.63, 3.8) is 0 Å². The van der Waals surface area contributed by atoms with Gasteiger partial charge >= 0.3 is 0 Å². The van der Waals surface area contributed by atoms with Crippen LogP contribution in [0, 0.1) is 6.92 Å². The minimum atomic E-state index is 0.650. The summed E-state index contributed by atoms with van der Waals surface area (Å²) < 4.78 is 5.01. The third kappa shape index (κ3) is 4.99. The highest BCUT2D eigenvalue weighted by Crippen LogP contribution is 2.12. The van der Waals surface area contributed by atoms with Gasteiger partial charge < -0.3 is 15.4 Å². The minimum Gasteiger partial charge on any atom is -0.385 e. The van der Waals surface area contributed by atoms with Crippen LogP contribution in [0.25, 0.3) is 0 Å². The van der Waals surface area contributed by atoms with Crippen molar-refractivity contribution < 1.29 is 4.74 Å². The Kier molecular flexibility index (Phi) is 6.32. The number of unbranched alkanes of at least 4 members (excludes halogenated alkanes) is 2. The first-order chi connectivity index (χ1) is 8.27. The maximum absolute atomic E-state index is 5.01. The van der Waals surface area contributed by atoms with Gasteiger partial charge in [0.1, 0.15) is 5.82 Å². The molecule has 0 spiro atoms. The molecule has 2 N–H and O–H groups in total. The molecule has 17 heavy (non-hydrogen) atoms. The van der Waals surface area contributed by atoms with Gasteiger partial charge in [-0.1, -0.05) is 0 Å². The van der Waals surface area contributed by atoms with Crippen LogP contribution in [-0.2, 0) is 4.74 Å². The largest absolute Gasteiger partial charge is 0.385 e. The predicted molar refractivity (Wildman–Crippen MR) is 70.5 cm³/mol. The van der Waals surface area contributed by atoms with E-state index >= 15 is 0 Å². The second kappa shape index (κ2) is 7.84. The number of rotatable bonds is 8. The molecule has 0 saturated heterocycles. The van der Waals surface area contributed by atoms with Crippen LogP contribution in [0.1, 0.15) is 24.8 Å². The summed E-state index contributed by atoms with van der Waals surface area (Å²) in [5.41, 5.74) is 1.07. The normalized spacial score (nSPS) is 10.3.